The molecule has 0 atom stereocenters. The van der Waals surface area contributed by atoms with E-state index in [4.69, 9.17) is 0 Å². The Bertz CT molecular complexity index is 429. The Morgan fingerprint density at radius 2 is 2.43 bits per heavy atom. The van der Waals surface area contributed by atoms with Crippen molar-refractivity contribution in [2.45, 2.75) is 0 Å². The van der Waals surface area contributed by atoms with Crippen molar-refractivity contribution in [3.05, 3.63) is 36.3 Å². The second-order valence-corrected chi connectivity index (χ2v) is 2.93. The molecule has 0 fully saturated rings. The van der Waals surface area contributed by atoms with Gasteiger partial charge in [0.1, 0.15) is 11.5 Å². The minimum atomic E-state index is -0.151. The minimum absolute atomic E-state index is 0.151. The van der Waals surface area contributed by atoms with Crippen LogP contribution in [-0.4, -0.2) is 20.7 Å². The van der Waals surface area contributed by atoms with E-state index in [0.29, 0.717) is 11.5 Å². The first-order valence-electron chi connectivity index (χ1n) is 4.19. The number of aromatic nitrogens is 3. The number of nitrogens with zero attached hydrogens (tertiary/aromatic N) is 2. The van der Waals surface area contributed by atoms with Gasteiger partial charge >= 0.3 is 0 Å². The topological polar surface area (TPSA) is 62.7 Å². The first-order chi connectivity index (χ1) is 6.77. The van der Waals surface area contributed by atoms with E-state index in [2.05, 4.69) is 15.5 Å². The maximum absolute atomic E-state index is 11.6. The van der Waals surface area contributed by atoms with Gasteiger partial charge in [-0.2, -0.15) is 5.10 Å². The molecule has 2 N–H and O–H groups in total. The summed E-state index contributed by atoms with van der Waals surface area (Å²) in [5, 5.41) is 9.08. The number of aromatic amines is 1. The standard InChI is InChI=1S/C9H10N4O/c1-13-6-2-3-7(13)9(14)11-8-4-5-10-12-8/h2-6H,1H3,(H2,10,11,12,14). The molecule has 0 aliphatic rings. The molecule has 5 nitrogen and oxygen atoms in total. The highest BCUT2D eigenvalue weighted by Gasteiger charge is 2.08. The quantitative estimate of drug-likeness (QED) is 0.742. The Hall–Kier alpha value is -2.04. The van der Waals surface area contributed by atoms with Crippen LogP contribution in [0.25, 0.3) is 0 Å². The van der Waals surface area contributed by atoms with Crippen LogP contribution in [0.15, 0.2) is 30.6 Å². The van der Waals surface area contributed by atoms with Crippen molar-refractivity contribution in [1.29, 1.82) is 0 Å². The molecule has 0 radical (unpaired) electrons. The maximum Gasteiger partial charge on any atom is 0.273 e. The number of H-pyrrole nitrogens is 1. The van der Waals surface area contributed by atoms with Crippen LogP contribution in [0.1, 0.15) is 10.5 Å². The molecule has 0 aliphatic heterocycles. The summed E-state index contributed by atoms with van der Waals surface area (Å²) < 4.78 is 1.76. The fourth-order valence-electron chi connectivity index (χ4n) is 1.21. The summed E-state index contributed by atoms with van der Waals surface area (Å²) >= 11 is 0. The van der Waals surface area contributed by atoms with Gasteiger partial charge in [0.2, 0.25) is 0 Å². The number of carbonyl (C=O) groups is 1. The smallest absolute Gasteiger partial charge is 0.273 e. The second kappa shape index (κ2) is 3.37. The molecule has 0 bridgehead atoms. The molecule has 5 heteroatoms. The van der Waals surface area contributed by atoms with Crippen molar-refractivity contribution in [2.24, 2.45) is 7.05 Å². The number of anilines is 1. The molecule has 2 heterocycles. The van der Waals surface area contributed by atoms with Gasteiger partial charge in [-0.1, -0.05) is 0 Å². The minimum Gasteiger partial charge on any atom is -0.347 e. The predicted molar refractivity (Wildman–Crippen MR) is 52.0 cm³/mol. The summed E-state index contributed by atoms with van der Waals surface area (Å²) in [6.45, 7) is 0. The third-order valence-electron chi connectivity index (χ3n) is 1.93. The normalized spacial score (nSPS) is 10.1. The van der Waals surface area contributed by atoms with Crippen LogP contribution in [0.5, 0.6) is 0 Å². The van der Waals surface area contributed by atoms with Crippen LogP contribution in [0.4, 0.5) is 5.82 Å². The molecule has 14 heavy (non-hydrogen) atoms. The van der Waals surface area contributed by atoms with Crippen molar-refractivity contribution < 1.29 is 4.79 Å². The number of rotatable bonds is 2. The van der Waals surface area contributed by atoms with Crippen LogP contribution in [0, 0.1) is 0 Å². The van der Waals surface area contributed by atoms with E-state index in [1.165, 1.54) is 0 Å². The molecule has 0 unspecified atom stereocenters. The van der Waals surface area contributed by atoms with Crippen LogP contribution < -0.4 is 5.32 Å². The summed E-state index contributed by atoms with van der Waals surface area (Å²) in [6, 6.07) is 5.27. The first kappa shape index (κ1) is 8.55. The number of amides is 1. The monoisotopic (exact) mass is 190 g/mol. The third kappa shape index (κ3) is 1.52. The highest BCUT2D eigenvalue weighted by atomic mass is 16.2. The van der Waals surface area contributed by atoms with Crippen molar-refractivity contribution in [3.63, 3.8) is 0 Å². The van der Waals surface area contributed by atoms with Crippen molar-refractivity contribution in [3.8, 4) is 0 Å². The lowest BCUT2D eigenvalue weighted by Gasteiger charge is -2.02. The molecule has 1 amide bonds. The van der Waals surface area contributed by atoms with Gasteiger partial charge in [-0.15, -0.1) is 0 Å². The fraction of sp³-hybridized carbons (Fsp3) is 0.111. The third-order valence-corrected chi connectivity index (χ3v) is 1.93. The summed E-state index contributed by atoms with van der Waals surface area (Å²) in [4.78, 5) is 11.6. The van der Waals surface area contributed by atoms with Gasteiger partial charge in [-0.25, -0.2) is 0 Å². The lowest BCUT2D eigenvalue weighted by atomic mass is 10.4. The van der Waals surface area contributed by atoms with Crippen LogP contribution in [0.3, 0.4) is 0 Å². The SMILES string of the molecule is Cn1cccc1C(=O)Nc1ccn[nH]1. The zero-order chi connectivity index (χ0) is 9.97. The Morgan fingerprint density at radius 3 is 3.00 bits per heavy atom. The van der Waals surface area contributed by atoms with Gasteiger partial charge in [0.15, 0.2) is 0 Å². The van der Waals surface area contributed by atoms with Gasteiger partial charge in [-0.05, 0) is 12.1 Å². The van der Waals surface area contributed by atoms with Crippen molar-refractivity contribution >= 4 is 11.7 Å². The van der Waals surface area contributed by atoms with Gasteiger partial charge in [0.25, 0.3) is 5.91 Å². The lowest BCUT2D eigenvalue weighted by molar-refractivity contribution is 0.101. The molecule has 72 valence electrons. The molecule has 0 saturated heterocycles. The molecular formula is C9H10N4O. The zero-order valence-electron chi connectivity index (χ0n) is 7.69. The van der Waals surface area contributed by atoms with Crippen LogP contribution in [-0.2, 0) is 7.05 Å². The summed E-state index contributed by atoms with van der Waals surface area (Å²) in [6.07, 6.45) is 3.41. The summed E-state index contributed by atoms with van der Waals surface area (Å²) in [5.41, 5.74) is 0.611. The second-order valence-electron chi connectivity index (χ2n) is 2.93. The van der Waals surface area contributed by atoms with E-state index in [-0.39, 0.29) is 5.91 Å². The van der Waals surface area contributed by atoms with Gasteiger partial charge in [-0.3, -0.25) is 9.89 Å². The van der Waals surface area contributed by atoms with Crippen LogP contribution in [0.2, 0.25) is 0 Å². The largest absolute Gasteiger partial charge is 0.347 e. The fourth-order valence-corrected chi connectivity index (χ4v) is 1.21. The molecule has 0 aromatic carbocycles. The highest BCUT2D eigenvalue weighted by molar-refractivity contribution is 6.02. The number of hydrogen-bond donors (Lipinski definition) is 2. The first-order valence-corrected chi connectivity index (χ1v) is 4.19. The average Bonchev–Trinajstić information content (AvgIpc) is 2.75. The van der Waals surface area contributed by atoms with E-state index in [9.17, 15) is 4.79 Å². The van der Waals surface area contributed by atoms with E-state index < -0.39 is 0 Å². The van der Waals surface area contributed by atoms with E-state index in [1.54, 1.807) is 22.9 Å². The molecule has 0 spiro atoms. The summed E-state index contributed by atoms with van der Waals surface area (Å²) in [5.74, 6) is 0.443. The Kier molecular flexibility index (Phi) is 2.06. The number of hydrogen-bond acceptors (Lipinski definition) is 2. The molecule has 2 aromatic rings. The lowest BCUT2D eigenvalue weighted by Crippen LogP contribution is -2.15. The van der Waals surface area contributed by atoms with Crippen molar-refractivity contribution in [2.75, 3.05) is 5.32 Å². The number of aryl methyl sites for hydroxylation is 1. The van der Waals surface area contributed by atoms with Crippen LogP contribution >= 0.6 is 0 Å². The van der Waals surface area contributed by atoms with Crippen molar-refractivity contribution in [1.82, 2.24) is 14.8 Å². The zero-order valence-corrected chi connectivity index (χ0v) is 7.69. The summed E-state index contributed by atoms with van der Waals surface area (Å²) in [7, 11) is 1.82. The maximum atomic E-state index is 11.6. The highest BCUT2D eigenvalue weighted by Crippen LogP contribution is 2.04. The molecule has 2 aromatic heterocycles. The predicted octanol–water partition coefficient (Wildman–Crippen LogP) is 1.00. The van der Waals surface area contributed by atoms with E-state index in [0.717, 1.165) is 0 Å². The average molecular weight is 190 g/mol. The molecular weight excluding hydrogens is 180 g/mol. The van der Waals surface area contributed by atoms with E-state index in [1.807, 2.05) is 19.3 Å². The number of nitrogens with one attached hydrogen (secondary N) is 2. The van der Waals surface area contributed by atoms with Gasteiger partial charge in [0, 0.05) is 19.3 Å². The van der Waals surface area contributed by atoms with E-state index >= 15 is 0 Å². The Balaban J connectivity index is 2.14. The molecule has 0 aliphatic carbocycles. The Morgan fingerprint density at radius 1 is 1.57 bits per heavy atom. The Labute approximate surface area is 80.7 Å². The van der Waals surface area contributed by atoms with Gasteiger partial charge in [0.05, 0.1) is 6.20 Å². The number of carbonyl (C=O) groups excluding carboxylic acids is 1. The molecule has 0 saturated carbocycles. The van der Waals surface area contributed by atoms with Gasteiger partial charge < -0.3 is 9.88 Å². The molecule has 2 rings (SSSR count).